The third-order valence-electron chi connectivity index (χ3n) is 1.46. The molecule has 5 N–H and O–H groups in total. The largest absolute Gasteiger partial charge is 0.370 e. The Morgan fingerprint density at radius 1 is 1.53 bits per heavy atom. The molecule has 0 spiro atoms. The fourth-order valence-corrected chi connectivity index (χ4v) is 0.770. The lowest BCUT2D eigenvalue weighted by Crippen LogP contribution is -2.41. The second kappa shape index (κ2) is 7.79. The van der Waals surface area contributed by atoms with E-state index in [4.69, 9.17) is 22.6 Å². The number of hydrogen-bond donors (Lipinski definition) is 3. The summed E-state index contributed by atoms with van der Waals surface area (Å²) in [6.45, 7) is 0.314. The van der Waals surface area contributed by atoms with E-state index in [2.05, 4.69) is 11.2 Å². The fraction of sp³-hybridized carbons (Fsp3) is 0.556. The van der Waals surface area contributed by atoms with Crippen molar-refractivity contribution in [1.29, 1.82) is 0 Å². The van der Waals surface area contributed by atoms with Crippen molar-refractivity contribution in [3.05, 3.63) is 0 Å². The predicted molar refractivity (Wildman–Crippen MR) is 54.4 cm³/mol. The molecule has 0 aromatic heterocycles. The maximum absolute atomic E-state index is 11.2. The van der Waals surface area contributed by atoms with Gasteiger partial charge in [-0.25, -0.2) is 0 Å². The normalized spacial score (nSPS) is 11.5. The average Bonchev–Trinajstić information content (AvgIpc) is 2.16. The van der Waals surface area contributed by atoms with Gasteiger partial charge in [0.25, 0.3) is 0 Å². The van der Waals surface area contributed by atoms with Crippen LogP contribution in [0.25, 0.3) is 0 Å². The summed E-state index contributed by atoms with van der Waals surface area (Å²) in [6.07, 6.45) is 5.18. The van der Waals surface area contributed by atoms with Gasteiger partial charge in [-0.05, 0) is 0 Å². The van der Waals surface area contributed by atoms with E-state index in [0.717, 1.165) is 0 Å². The van der Waals surface area contributed by atoms with Crippen LogP contribution in [0.1, 0.15) is 6.42 Å². The molecule has 84 valence electrons. The second-order valence-corrected chi connectivity index (χ2v) is 2.82. The van der Waals surface area contributed by atoms with Crippen molar-refractivity contribution >= 4 is 11.8 Å². The predicted octanol–water partition coefficient (Wildman–Crippen LogP) is -2.04. The minimum atomic E-state index is -0.703. The molecule has 0 radical (unpaired) electrons. The lowest BCUT2D eigenvalue weighted by atomic mass is 10.2. The molecule has 2 amide bonds. The van der Waals surface area contributed by atoms with E-state index in [1.54, 1.807) is 0 Å². The van der Waals surface area contributed by atoms with Crippen LogP contribution < -0.4 is 16.8 Å². The number of terminal acetylenes is 1. The summed E-state index contributed by atoms with van der Waals surface area (Å²) in [4.78, 5) is 21.4. The van der Waals surface area contributed by atoms with Gasteiger partial charge in [0.1, 0.15) is 6.61 Å². The monoisotopic (exact) mass is 213 g/mol. The quantitative estimate of drug-likeness (QED) is 0.334. The van der Waals surface area contributed by atoms with Gasteiger partial charge in [-0.3, -0.25) is 9.59 Å². The number of carbonyl (C=O) groups is 2. The van der Waals surface area contributed by atoms with Crippen LogP contribution in [-0.4, -0.2) is 37.6 Å². The number of ether oxygens (including phenoxy) is 1. The van der Waals surface area contributed by atoms with E-state index >= 15 is 0 Å². The lowest BCUT2D eigenvalue weighted by Gasteiger charge is -2.09. The summed E-state index contributed by atoms with van der Waals surface area (Å²) in [5, 5.41) is 2.50. The Morgan fingerprint density at radius 2 is 2.20 bits per heavy atom. The molecule has 1 atom stereocenters. The first-order chi connectivity index (χ1) is 7.07. The molecule has 0 fully saturated rings. The maximum Gasteiger partial charge on any atom is 0.243 e. The van der Waals surface area contributed by atoms with Gasteiger partial charge in [0.15, 0.2) is 0 Å². The lowest BCUT2D eigenvalue weighted by molar-refractivity contribution is -0.123. The third kappa shape index (κ3) is 7.49. The topological polar surface area (TPSA) is 107 Å². The number of nitrogens with two attached hydrogens (primary N) is 2. The van der Waals surface area contributed by atoms with Gasteiger partial charge in [-0.15, -0.1) is 12.3 Å². The van der Waals surface area contributed by atoms with Crippen molar-refractivity contribution in [2.24, 2.45) is 11.5 Å². The van der Waals surface area contributed by atoms with Crippen molar-refractivity contribution in [1.82, 2.24) is 5.32 Å². The molecular formula is C9H15N3O3. The molecule has 0 aliphatic heterocycles. The molecule has 0 heterocycles. The average molecular weight is 213 g/mol. The van der Waals surface area contributed by atoms with E-state index in [-0.39, 0.29) is 32.1 Å². The second-order valence-electron chi connectivity index (χ2n) is 2.82. The molecule has 0 saturated carbocycles. The molecule has 0 rings (SSSR count). The number of primary amides is 1. The first-order valence-electron chi connectivity index (χ1n) is 4.40. The van der Waals surface area contributed by atoms with Crippen LogP contribution in [0.4, 0.5) is 0 Å². The molecule has 15 heavy (non-hydrogen) atoms. The van der Waals surface area contributed by atoms with Crippen LogP contribution in [0.3, 0.4) is 0 Å². The van der Waals surface area contributed by atoms with Gasteiger partial charge < -0.3 is 21.5 Å². The highest BCUT2D eigenvalue weighted by Gasteiger charge is 2.10. The van der Waals surface area contributed by atoms with E-state index in [9.17, 15) is 9.59 Å². The van der Waals surface area contributed by atoms with Crippen LogP contribution >= 0.6 is 0 Å². The molecule has 0 aromatic rings. The number of carbonyl (C=O) groups excluding carboxylic acids is 2. The molecule has 6 nitrogen and oxygen atoms in total. The summed E-state index contributed by atoms with van der Waals surface area (Å²) < 4.78 is 4.81. The zero-order chi connectivity index (χ0) is 11.7. The molecule has 0 aromatic carbocycles. The highest BCUT2D eigenvalue weighted by molar-refractivity contribution is 5.81. The Balaban J connectivity index is 3.47. The van der Waals surface area contributed by atoms with Crippen molar-refractivity contribution in [2.75, 3.05) is 19.8 Å². The zero-order valence-electron chi connectivity index (χ0n) is 8.36. The smallest absolute Gasteiger partial charge is 0.243 e. The van der Waals surface area contributed by atoms with Crippen molar-refractivity contribution in [2.45, 2.75) is 12.5 Å². The molecule has 0 saturated heterocycles. The van der Waals surface area contributed by atoms with Crippen LogP contribution in [0.5, 0.6) is 0 Å². The number of amides is 2. The van der Waals surface area contributed by atoms with Gasteiger partial charge in [0, 0.05) is 13.0 Å². The van der Waals surface area contributed by atoms with Gasteiger partial charge in [-0.1, -0.05) is 0 Å². The Hall–Kier alpha value is -1.58. The minimum Gasteiger partial charge on any atom is -0.370 e. The molecule has 0 bridgehead atoms. The van der Waals surface area contributed by atoms with E-state index < -0.39 is 11.9 Å². The number of hydrogen-bond acceptors (Lipinski definition) is 4. The summed E-state index contributed by atoms with van der Waals surface area (Å²) in [6, 6.07) is -0.703. The van der Waals surface area contributed by atoms with Crippen LogP contribution in [-0.2, 0) is 14.3 Å². The van der Waals surface area contributed by atoms with Gasteiger partial charge in [0.2, 0.25) is 11.8 Å². The molecule has 6 heteroatoms. The third-order valence-corrected chi connectivity index (χ3v) is 1.46. The van der Waals surface area contributed by atoms with Gasteiger partial charge >= 0.3 is 0 Å². The fourth-order valence-electron chi connectivity index (χ4n) is 0.770. The molecule has 1 unspecified atom stereocenters. The number of rotatable bonds is 7. The number of nitrogens with one attached hydrogen (secondary N) is 1. The summed E-state index contributed by atoms with van der Waals surface area (Å²) >= 11 is 0. The summed E-state index contributed by atoms with van der Waals surface area (Å²) in [5.41, 5.74) is 10.3. The molecular weight excluding hydrogens is 198 g/mol. The Bertz CT molecular complexity index is 260. The van der Waals surface area contributed by atoms with Crippen molar-refractivity contribution < 1.29 is 14.3 Å². The zero-order valence-corrected chi connectivity index (χ0v) is 8.36. The molecule has 0 aliphatic carbocycles. The summed E-state index contributed by atoms with van der Waals surface area (Å²) in [7, 11) is 0. The Labute approximate surface area is 88.3 Å². The standard InChI is InChI=1S/C9H15N3O3/c1-2-3-7(10)9(14)12-4-5-15-6-8(11)13/h1,7H,3-6,10H2,(H2,11,13)(H,12,14). The summed E-state index contributed by atoms with van der Waals surface area (Å²) in [5.74, 6) is 1.40. The van der Waals surface area contributed by atoms with E-state index in [0.29, 0.717) is 0 Å². The molecule has 0 aliphatic rings. The first kappa shape index (κ1) is 13.4. The van der Waals surface area contributed by atoms with Crippen LogP contribution in [0, 0.1) is 12.3 Å². The Kier molecular flexibility index (Phi) is 6.97. The van der Waals surface area contributed by atoms with Crippen LogP contribution in [0.15, 0.2) is 0 Å². The van der Waals surface area contributed by atoms with Crippen molar-refractivity contribution in [3.8, 4) is 12.3 Å². The SMILES string of the molecule is C#CCC(N)C(=O)NCCOCC(N)=O. The highest BCUT2D eigenvalue weighted by Crippen LogP contribution is 1.85. The van der Waals surface area contributed by atoms with E-state index in [1.807, 2.05) is 0 Å². The Morgan fingerprint density at radius 3 is 2.73 bits per heavy atom. The first-order valence-corrected chi connectivity index (χ1v) is 4.40. The minimum absolute atomic E-state index is 0.160. The maximum atomic E-state index is 11.2. The van der Waals surface area contributed by atoms with Gasteiger partial charge in [-0.2, -0.15) is 0 Å². The van der Waals surface area contributed by atoms with Gasteiger partial charge in [0.05, 0.1) is 12.6 Å². The highest BCUT2D eigenvalue weighted by atomic mass is 16.5. The van der Waals surface area contributed by atoms with Crippen LogP contribution in [0.2, 0.25) is 0 Å². The van der Waals surface area contributed by atoms with Crippen molar-refractivity contribution in [3.63, 3.8) is 0 Å². The van der Waals surface area contributed by atoms with E-state index in [1.165, 1.54) is 0 Å².